The van der Waals surface area contributed by atoms with Gasteiger partial charge in [0.15, 0.2) is 0 Å². The molecule has 2 heterocycles. The fourth-order valence-electron chi connectivity index (χ4n) is 2.31. The summed E-state index contributed by atoms with van der Waals surface area (Å²) in [4.78, 5) is 16.2. The molecular weight excluding hydrogens is 358 g/mol. The minimum absolute atomic E-state index is 0.187. The number of ether oxygens (including phenoxy) is 2. The van der Waals surface area contributed by atoms with Crippen LogP contribution in [0.4, 0.5) is 0 Å². The number of thiazole rings is 1. The lowest BCUT2D eigenvalue weighted by Gasteiger charge is -2.06. The smallest absolute Gasteiger partial charge is 0.316 e. The molecule has 0 spiro atoms. The van der Waals surface area contributed by atoms with Gasteiger partial charge in [0.2, 0.25) is 0 Å². The van der Waals surface area contributed by atoms with Gasteiger partial charge in [-0.3, -0.25) is 4.79 Å². The molecule has 2 aromatic heterocycles. The van der Waals surface area contributed by atoms with Crippen LogP contribution in [0.2, 0.25) is 0 Å². The highest BCUT2D eigenvalue weighted by Gasteiger charge is 2.17. The normalized spacial score (nSPS) is 10.8. The Balaban J connectivity index is 1.99. The van der Waals surface area contributed by atoms with E-state index in [0.717, 1.165) is 32.2 Å². The molecule has 0 unspecified atom stereocenters. The standard InChI is InChI=1S/C17H17N3O3S2/c1-4-23-13(21)9-24-17-15-16(25-10(2)18-15)14(19-20-17)11-6-5-7-12(8-11)22-3/h5-8H,4,9H2,1-3H3. The molecular formula is C17H17N3O3S2. The molecule has 0 fully saturated rings. The van der Waals surface area contributed by atoms with Crippen LogP contribution in [0.3, 0.4) is 0 Å². The molecule has 1 aromatic carbocycles. The third kappa shape index (κ3) is 3.91. The Bertz CT molecular complexity index is 911. The van der Waals surface area contributed by atoms with Crippen molar-refractivity contribution < 1.29 is 14.3 Å². The number of rotatable bonds is 6. The second-order valence-electron chi connectivity index (χ2n) is 5.09. The third-order valence-electron chi connectivity index (χ3n) is 3.37. The van der Waals surface area contributed by atoms with Gasteiger partial charge < -0.3 is 9.47 Å². The fourth-order valence-corrected chi connectivity index (χ4v) is 4.02. The minimum Gasteiger partial charge on any atom is -0.497 e. The van der Waals surface area contributed by atoms with Gasteiger partial charge in [-0.2, -0.15) is 0 Å². The number of esters is 1. The van der Waals surface area contributed by atoms with Gasteiger partial charge in [0.05, 0.1) is 29.2 Å². The summed E-state index contributed by atoms with van der Waals surface area (Å²) in [5, 5.41) is 10.2. The quantitative estimate of drug-likeness (QED) is 0.480. The van der Waals surface area contributed by atoms with E-state index in [1.165, 1.54) is 11.8 Å². The fraction of sp³-hybridized carbons (Fsp3) is 0.294. The van der Waals surface area contributed by atoms with Crippen LogP contribution >= 0.6 is 23.1 Å². The summed E-state index contributed by atoms with van der Waals surface area (Å²) in [6, 6.07) is 7.69. The Hall–Kier alpha value is -2.19. The molecule has 25 heavy (non-hydrogen) atoms. The zero-order chi connectivity index (χ0) is 17.8. The number of benzene rings is 1. The lowest BCUT2D eigenvalue weighted by Crippen LogP contribution is -2.07. The molecule has 3 rings (SSSR count). The van der Waals surface area contributed by atoms with E-state index in [9.17, 15) is 4.79 Å². The summed E-state index contributed by atoms with van der Waals surface area (Å²) in [7, 11) is 1.63. The number of thioether (sulfide) groups is 1. The highest BCUT2D eigenvalue weighted by atomic mass is 32.2. The van der Waals surface area contributed by atoms with Gasteiger partial charge in [-0.15, -0.1) is 21.5 Å². The first-order chi connectivity index (χ1) is 12.1. The largest absolute Gasteiger partial charge is 0.497 e. The summed E-state index contributed by atoms with van der Waals surface area (Å²) in [6.07, 6.45) is 0. The number of carbonyl (C=O) groups excluding carboxylic acids is 1. The Morgan fingerprint density at radius 1 is 1.32 bits per heavy atom. The number of hydrogen-bond acceptors (Lipinski definition) is 8. The van der Waals surface area contributed by atoms with Crippen molar-refractivity contribution in [1.29, 1.82) is 0 Å². The van der Waals surface area contributed by atoms with Crippen molar-refractivity contribution in [3.05, 3.63) is 29.3 Å². The van der Waals surface area contributed by atoms with Crippen LogP contribution < -0.4 is 4.74 Å². The maximum Gasteiger partial charge on any atom is 0.316 e. The first-order valence-electron chi connectivity index (χ1n) is 7.69. The molecule has 0 amide bonds. The summed E-state index contributed by atoms with van der Waals surface area (Å²) >= 11 is 2.86. The van der Waals surface area contributed by atoms with E-state index in [1.807, 2.05) is 31.2 Å². The number of nitrogens with zero attached hydrogens (tertiary/aromatic N) is 3. The van der Waals surface area contributed by atoms with Gasteiger partial charge in [-0.1, -0.05) is 23.9 Å². The molecule has 0 aliphatic carbocycles. The van der Waals surface area contributed by atoms with Crippen molar-refractivity contribution in [2.75, 3.05) is 19.5 Å². The van der Waals surface area contributed by atoms with Crippen LogP contribution in [0, 0.1) is 6.92 Å². The molecule has 0 atom stereocenters. The summed E-state index contributed by atoms with van der Waals surface area (Å²) in [5.74, 6) is 0.674. The Morgan fingerprint density at radius 2 is 2.16 bits per heavy atom. The van der Waals surface area contributed by atoms with E-state index in [-0.39, 0.29) is 11.7 Å². The minimum atomic E-state index is -0.272. The molecule has 0 aliphatic heterocycles. The number of aryl methyl sites for hydroxylation is 1. The van der Waals surface area contributed by atoms with Crippen molar-refractivity contribution >= 4 is 39.3 Å². The molecule has 8 heteroatoms. The lowest BCUT2D eigenvalue weighted by molar-refractivity contribution is -0.139. The van der Waals surface area contributed by atoms with E-state index in [2.05, 4.69) is 15.2 Å². The molecule has 0 N–H and O–H groups in total. The molecule has 0 bridgehead atoms. The highest BCUT2D eigenvalue weighted by molar-refractivity contribution is 8.00. The molecule has 130 valence electrons. The maximum atomic E-state index is 11.6. The second-order valence-corrected chi connectivity index (χ2v) is 7.26. The number of aromatic nitrogens is 3. The molecule has 0 saturated heterocycles. The van der Waals surface area contributed by atoms with Gasteiger partial charge in [0, 0.05) is 5.56 Å². The molecule has 0 radical (unpaired) electrons. The summed E-state index contributed by atoms with van der Waals surface area (Å²) < 4.78 is 11.2. The van der Waals surface area contributed by atoms with Crippen molar-refractivity contribution in [1.82, 2.24) is 15.2 Å². The van der Waals surface area contributed by atoms with Gasteiger partial charge in [0.1, 0.15) is 22.0 Å². The molecule has 6 nitrogen and oxygen atoms in total. The second kappa shape index (κ2) is 7.79. The topological polar surface area (TPSA) is 74.2 Å². The van der Waals surface area contributed by atoms with Crippen LogP contribution in [0.25, 0.3) is 21.5 Å². The van der Waals surface area contributed by atoms with Crippen LogP contribution in [-0.4, -0.2) is 40.6 Å². The van der Waals surface area contributed by atoms with E-state index in [0.29, 0.717) is 11.6 Å². The number of methoxy groups -OCH3 is 1. The number of fused-ring (bicyclic) bond motifs is 1. The Kier molecular flexibility index (Phi) is 5.50. The number of carbonyl (C=O) groups is 1. The van der Waals surface area contributed by atoms with Gasteiger partial charge >= 0.3 is 5.97 Å². The Morgan fingerprint density at radius 3 is 2.92 bits per heavy atom. The average molecular weight is 375 g/mol. The summed E-state index contributed by atoms with van der Waals surface area (Å²) in [5.41, 5.74) is 2.45. The van der Waals surface area contributed by atoms with E-state index >= 15 is 0 Å². The lowest BCUT2D eigenvalue weighted by atomic mass is 10.1. The van der Waals surface area contributed by atoms with Crippen LogP contribution in [0.15, 0.2) is 29.3 Å². The van der Waals surface area contributed by atoms with Crippen LogP contribution in [0.1, 0.15) is 11.9 Å². The first kappa shape index (κ1) is 17.6. The predicted octanol–water partition coefficient (Wildman–Crippen LogP) is 3.73. The number of hydrogen-bond donors (Lipinski definition) is 0. The van der Waals surface area contributed by atoms with E-state index in [1.54, 1.807) is 25.4 Å². The zero-order valence-corrected chi connectivity index (χ0v) is 15.7. The molecule has 0 aliphatic rings. The van der Waals surface area contributed by atoms with Crippen LogP contribution in [-0.2, 0) is 9.53 Å². The first-order valence-corrected chi connectivity index (χ1v) is 9.49. The maximum absolute atomic E-state index is 11.6. The molecule has 0 saturated carbocycles. The summed E-state index contributed by atoms with van der Waals surface area (Å²) in [6.45, 7) is 4.10. The predicted molar refractivity (Wildman–Crippen MR) is 99.3 cm³/mol. The van der Waals surface area contributed by atoms with Crippen molar-refractivity contribution in [3.8, 4) is 17.0 Å². The SMILES string of the molecule is CCOC(=O)CSc1nnc(-c2cccc(OC)c2)c2sc(C)nc12. The Labute approximate surface area is 153 Å². The van der Waals surface area contributed by atoms with Crippen molar-refractivity contribution in [2.45, 2.75) is 18.9 Å². The van der Waals surface area contributed by atoms with Crippen LogP contribution in [0.5, 0.6) is 5.75 Å². The molecule has 3 aromatic rings. The van der Waals surface area contributed by atoms with Crippen molar-refractivity contribution in [2.24, 2.45) is 0 Å². The van der Waals surface area contributed by atoms with E-state index in [4.69, 9.17) is 9.47 Å². The third-order valence-corrected chi connectivity index (χ3v) is 5.27. The zero-order valence-electron chi connectivity index (χ0n) is 14.1. The van der Waals surface area contributed by atoms with Crippen molar-refractivity contribution in [3.63, 3.8) is 0 Å². The van der Waals surface area contributed by atoms with Gasteiger partial charge in [-0.25, -0.2) is 4.98 Å². The average Bonchev–Trinajstić information content (AvgIpc) is 3.01. The van der Waals surface area contributed by atoms with Gasteiger partial charge in [-0.05, 0) is 26.0 Å². The monoisotopic (exact) mass is 375 g/mol. The highest BCUT2D eigenvalue weighted by Crippen LogP contribution is 2.36. The van der Waals surface area contributed by atoms with Gasteiger partial charge in [0.25, 0.3) is 0 Å². The van der Waals surface area contributed by atoms with E-state index < -0.39 is 0 Å².